The average Bonchev–Trinajstić information content (AvgIpc) is 3.49. The number of aryl methyl sites for hydroxylation is 1. The Morgan fingerprint density at radius 3 is 2.73 bits per heavy atom. The molecule has 1 saturated heterocycles. The van der Waals surface area contributed by atoms with Gasteiger partial charge in [-0.2, -0.15) is 4.31 Å². The van der Waals surface area contributed by atoms with E-state index in [0.717, 1.165) is 42.7 Å². The highest BCUT2D eigenvalue weighted by Crippen LogP contribution is 2.38. The highest BCUT2D eigenvalue weighted by molar-refractivity contribution is 7.89. The molecule has 1 saturated carbocycles. The summed E-state index contributed by atoms with van der Waals surface area (Å²) in [6.07, 6.45) is 5.52. The van der Waals surface area contributed by atoms with Crippen molar-refractivity contribution in [3.63, 3.8) is 0 Å². The van der Waals surface area contributed by atoms with E-state index in [1.165, 1.54) is 22.8 Å². The van der Waals surface area contributed by atoms with Gasteiger partial charge < -0.3 is 15.2 Å². The first-order valence-electron chi connectivity index (χ1n) is 11.4. The van der Waals surface area contributed by atoms with Gasteiger partial charge in [0.05, 0.1) is 17.7 Å². The molecule has 0 radical (unpaired) electrons. The number of methoxy groups -OCH3 is 1. The molecule has 4 rings (SSSR count). The lowest BCUT2D eigenvalue weighted by molar-refractivity contribution is -0.119. The number of nitrogens with one attached hydrogen (secondary N) is 1. The Labute approximate surface area is 199 Å². The Kier molecular flexibility index (Phi) is 7.37. The van der Waals surface area contributed by atoms with Crippen LogP contribution >= 0.6 is 11.3 Å². The first kappa shape index (κ1) is 24.1. The van der Waals surface area contributed by atoms with E-state index >= 15 is 0 Å². The summed E-state index contributed by atoms with van der Waals surface area (Å²) in [5, 5.41) is 13.0. The molecule has 1 aromatic heterocycles. The molecule has 2 fully saturated rings. The molecule has 2 heterocycles. The van der Waals surface area contributed by atoms with Crippen LogP contribution in [0.2, 0.25) is 0 Å². The SMILES string of the molecule is COc1ccc(-c2sc(NC(=O)C3CCCC3)nc2C)cc1S(=O)(=O)N1CCCC(CO)C1. The smallest absolute Gasteiger partial charge is 0.246 e. The van der Waals surface area contributed by atoms with Crippen molar-refractivity contribution in [1.29, 1.82) is 0 Å². The normalized spacial score (nSPS) is 20.2. The molecule has 33 heavy (non-hydrogen) atoms. The van der Waals surface area contributed by atoms with Crippen LogP contribution in [0.3, 0.4) is 0 Å². The van der Waals surface area contributed by atoms with E-state index in [0.29, 0.717) is 30.2 Å². The molecule has 0 bridgehead atoms. The molecule has 1 aromatic carbocycles. The number of hydrogen-bond acceptors (Lipinski definition) is 7. The average molecular weight is 494 g/mol. The lowest BCUT2D eigenvalue weighted by Gasteiger charge is -2.31. The van der Waals surface area contributed by atoms with Crippen molar-refractivity contribution in [1.82, 2.24) is 9.29 Å². The van der Waals surface area contributed by atoms with Crippen LogP contribution in [0.25, 0.3) is 10.4 Å². The Bertz CT molecular complexity index is 1110. The van der Waals surface area contributed by atoms with Crippen molar-refractivity contribution in [2.45, 2.75) is 50.3 Å². The maximum absolute atomic E-state index is 13.5. The van der Waals surface area contributed by atoms with Crippen LogP contribution in [0.15, 0.2) is 23.1 Å². The zero-order chi connectivity index (χ0) is 23.6. The number of aliphatic hydroxyl groups is 1. The molecule has 10 heteroatoms. The predicted octanol–water partition coefficient (Wildman–Crippen LogP) is 3.65. The lowest BCUT2D eigenvalue weighted by atomic mass is 10.0. The van der Waals surface area contributed by atoms with Gasteiger partial charge in [0.1, 0.15) is 10.6 Å². The van der Waals surface area contributed by atoms with E-state index in [2.05, 4.69) is 10.3 Å². The van der Waals surface area contributed by atoms with Crippen molar-refractivity contribution in [3.05, 3.63) is 23.9 Å². The zero-order valence-electron chi connectivity index (χ0n) is 19.0. The second-order valence-corrected chi connectivity index (χ2v) is 11.7. The number of anilines is 1. The summed E-state index contributed by atoms with van der Waals surface area (Å²) < 4.78 is 33.8. The maximum atomic E-state index is 13.5. The number of amides is 1. The third-order valence-electron chi connectivity index (χ3n) is 6.54. The van der Waals surface area contributed by atoms with Gasteiger partial charge in [-0.15, -0.1) is 0 Å². The van der Waals surface area contributed by atoms with Gasteiger partial charge in [0.15, 0.2) is 5.13 Å². The van der Waals surface area contributed by atoms with Gasteiger partial charge in [-0.3, -0.25) is 4.79 Å². The van der Waals surface area contributed by atoms with E-state index in [-0.39, 0.29) is 35.0 Å². The van der Waals surface area contributed by atoms with Gasteiger partial charge in [-0.25, -0.2) is 13.4 Å². The molecule has 2 aromatic rings. The number of carbonyl (C=O) groups is 1. The minimum absolute atomic E-state index is 0.00864. The molecule has 180 valence electrons. The number of aromatic nitrogens is 1. The summed E-state index contributed by atoms with van der Waals surface area (Å²) in [4.78, 5) is 17.9. The summed E-state index contributed by atoms with van der Waals surface area (Å²) in [5.74, 6) is 0.274. The quantitative estimate of drug-likeness (QED) is 0.609. The first-order valence-corrected chi connectivity index (χ1v) is 13.7. The number of piperidine rings is 1. The fourth-order valence-electron chi connectivity index (χ4n) is 4.67. The Hall–Kier alpha value is -2.01. The number of ether oxygens (including phenoxy) is 1. The molecule has 2 N–H and O–H groups in total. The molecule has 1 unspecified atom stereocenters. The highest BCUT2D eigenvalue weighted by Gasteiger charge is 2.32. The molecule has 2 aliphatic rings. The number of carbonyl (C=O) groups excluding carboxylic acids is 1. The van der Waals surface area contributed by atoms with Crippen LogP contribution in [0.1, 0.15) is 44.2 Å². The molecule has 1 aliphatic carbocycles. The summed E-state index contributed by atoms with van der Waals surface area (Å²) in [6.45, 7) is 2.54. The maximum Gasteiger partial charge on any atom is 0.246 e. The predicted molar refractivity (Wildman–Crippen MR) is 128 cm³/mol. The van der Waals surface area contributed by atoms with E-state index < -0.39 is 10.0 Å². The van der Waals surface area contributed by atoms with Gasteiger partial charge in [-0.1, -0.05) is 24.2 Å². The zero-order valence-corrected chi connectivity index (χ0v) is 20.7. The summed E-state index contributed by atoms with van der Waals surface area (Å²) in [6, 6.07) is 5.10. The van der Waals surface area contributed by atoms with Gasteiger partial charge in [0.2, 0.25) is 15.9 Å². The van der Waals surface area contributed by atoms with Gasteiger partial charge in [0.25, 0.3) is 0 Å². The van der Waals surface area contributed by atoms with Crippen LogP contribution in [0, 0.1) is 18.8 Å². The Morgan fingerprint density at radius 2 is 2.03 bits per heavy atom. The monoisotopic (exact) mass is 493 g/mol. The van der Waals surface area contributed by atoms with Crippen molar-refractivity contribution in [2.24, 2.45) is 11.8 Å². The second kappa shape index (κ2) is 10.1. The number of sulfonamides is 1. The standard InChI is InChI=1S/C23H31N3O5S2/c1-15-21(32-23(24-15)25-22(28)17-7-3-4-8-17)18-9-10-19(31-2)20(12-18)33(29,30)26-11-5-6-16(13-26)14-27/h9-10,12,16-17,27H,3-8,11,13-14H2,1-2H3,(H,24,25,28). The van der Waals surface area contributed by atoms with Crippen LogP contribution in [0.5, 0.6) is 5.75 Å². The minimum atomic E-state index is -3.80. The summed E-state index contributed by atoms with van der Waals surface area (Å²) in [7, 11) is -2.35. The van der Waals surface area contributed by atoms with Crippen molar-refractivity contribution >= 4 is 32.4 Å². The number of benzene rings is 1. The third kappa shape index (κ3) is 5.08. The molecular formula is C23H31N3O5S2. The molecule has 1 aliphatic heterocycles. The van der Waals surface area contributed by atoms with Crippen LogP contribution in [-0.4, -0.2) is 55.5 Å². The van der Waals surface area contributed by atoms with Crippen molar-refractivity contribution in [2.75, 3.05) is 32.1 Å². The van der Waals surface area contributed by atoms with E-state index in [1.54, 1.807) is 12.1 Å². The Balaban J connectivity index is 1.63. The first-order chi connectivity index (χ1) is 15.8. The van der Waals surface area contributed by atoms with Gasteiger partial charge >= 0.3 is 0 Å². The van der Waals surface area contributed by atoms with Crippen LogP contribution in [0.4, 0.5) is 5.13 Å². The molecule has 1 amide bonds. The van der Waals surface area contributed by atoms with E-state index in [9.17, 15) is 18.3 Å². The largest absolute Gasteiger partial charge is 0.495 e. The number of rotatable bonds is 7. The highest BCUT2D eigenvalue weighted by atomic mass is 32.2. The minimum Gasteiger partial charge on any atom is -0.495 e. The molecule has 1 atom stereocenters. The lowest BCUT2D eigenvalue weighted by Crippen LogP contribution is -2.41. The molecule has 8 nitrogen and oxygen atoms in total. The number of nitrogens with zero attached hydrogens (tertiary/aromatic N) is 2. The van der Waals surface area contributed by atoms with Crippen molar-refractivity contribution < 1.29 is 23.1 Å². The fourth-order valence-corrected chi connectivity index (χ4v) is 7.37. The third-order valence-corrected chi connectivity index (χ3v) is 9.54. The van der Waals surface area contributed by atoms with E-state index in [1.807, 2.05) is 13.0 Å². The Morgan fingerprint density at radius 1 is 1.27 bits per heavy atom. The van der Waals surface area contributed by atoms with E-state index in [4.69, 9.17) is 4.74 Å². The van der Waals surface area contributed by atoms with Crippen LogP contribution in [-0.2, 0) is 14.8 Å². The topological polar surface area (TPSA) is 109 Å². The summed E-state index contributed by atoms with van der Waals surface area (Å²) in [5.41, 5.74) is 1.44. The fraction of sp³-hybridized carbons (Fsp3) is 0.565. The second-order valence-electron chi connectivity index (χ2n) is 8.82. The number of hydrogen-bond donors (Lipinski definition) is 2. The molecule has 0 spiro atoms. The van der Waals surface area contributed by atoms with Gasteiger partial charge in [0, 0.05) is 25.6 Å². The number of aliphatic hydroxyl groups excluding tert-OH is 1. The van der Waals surface area contributed by atoms with Crippen LogP contribution < -0.4 is 10.1 Å². The van der Waals surface area contributed by atoms with Crippen molar-refractivity contribution in [3.8, 4) is 16.2 Å². The molecular weight excluding hydrogens is 462 g/mol. The van der Waals surface area contributed by atoms with Gasteiger partial charge in [-0.05, 0) is 62.3 Å². The summed E-state index contributed by atoms with van der Waals surface area (Å²) >= 11 is 1.35. The number of thiazole rings is 1.